The van der Waals surface area contributed by atoms with E-state index in [1.165, 1.54) is 41.8 Å². The largest absolute Gasteiger partial charge is 0.272 e. The van der Waals surface area contributed by atoms with Crippen LogP contribution in [0.3, 0.4) is 0 Å². The number of fused-ring (bicyclic) bond motifs is 1. The number of hydrogen-bond donors (Lipinski definition) is 0. The zero-order valence-corrected chi connectivity index (χ0v) is 16.8. The molecule has 0 N–H and O–H groups in total. The predicted octanol–water partition coefficient (Wildman–Crippen LogP) is 4.53. The van der Waals surface area contributed by atoms with Crippen molar-refractivity contribution in [3.05, 3.63) is 45.8 Å². The molecule has 4 saturated carbocycles. The van der Waals surface area contributed by atoms with Crippen molar-refractivity contribution in [1.29, 1.82) is 0 Å². The molecule has 8 heteroatoms. The highest BCUT2D eigenvalue weighted by molar-refractivity contribution is 7.99. The first-order valence-corrected chi connectivity index (χ1v) is 11.3. The minimum absolute atomic E-state index is 0.0526. The van der Waals surface area contributed by atoms with Gasteiger partial charge in [-0.3, -0.25) is 14.9 Å². The molecule has 1 aromatic heterocycles. The van der Waals surface area contributed by atoms with Crippen molar-refractivity contribution in [2.45, 2.75) is 60.8 Å². The van der Waals surface area contributed by atoms with Crippen LogP contribution in [0.25, 0.3) is 0 Å². The van der Waals surface area contributed by atoms with Gasteiger partial charge in [-0.2, -0.15) is 4.68 Å². The fraction of sp³-hybridized carbons (Fsp3) is 0.571. The molecular formula is C21H22N4O3S. The molecule has 4 bridgehead atoms. The summed E-state index contributed by atoms with van der Waals surface area (Å²) in [6.07, 6.45) is 7.84. The van der Waals surface area contributed by atoms with Crippen molar-refractivity contribution >= 4 is 23.4 Å². The lowest BCUT2D eigenvalue weighted by Crippen LogP contribution is -2.49. The minimum Gasteiger partial charge on any atom is -0.272 e. The molecule has 29 heavy (non-hydrogen) atoms. The van der Waals surface area contributed by atoms with E-state index in [0.717, 1.165) is 48.4 Å². The van der Waals surface area contributed by atoms with Crippen molar-refractivity contribution < 1.29 is 9.72 Å². The third-order valence-electron chi connectivity index (χ3n) is 7.39. The average Bonchev–Trinajstić information content (AvgIpc) is 3.13. The molecule has 2 heterocycles. The monoisotopic (exact) mass is 410 g/mol. The van der Waals surface area contributed by atoms with E-state index in [4.69, 9.17) is 10.1 Å². The van der Waals surface area contributed by atoms with Gasteiger partial charge in [-0.25, -0.2) is 4.98 Å². The van der Waals surface area contributed by atoms with Crippen LogP contribution >= 0.6 is 11.8 Å². The molecule has 0 saturated heterocycles. The summed E-state index contributed by atoms with van der Waals surface area (Å²) in [5.74, 6) is 3.18. The number of benzene rings is 1. The minimum atomic E-state index is -0.396. The maximum Gasteiger partial charge on any atom is 0.269 e. The summed E-state index contributed by atoms with van der Waals surface area (Å²) in [7, 11) is 0. The summed E-state index contributed by atoms with van der Waals surface area (Å²) < 4.78 is 1.49. The van der Waals surface area contributed by atoms with Gasteiger partial charge in [0.25, 0.3) is 11.6 Å². The van der Waals surface area contributed by atoms with Gasteiger partial charge in [0.05, 0.1) is 4.92 Å². The lowest BCUT2D eigenvalue weighted by Gasteiger charge is -2.55. The number of carbonyl (C=O) groups excluding carboxylic acids is 1. The van der Waals surface area contributed by atoms with Crippen LogP contribution in [0.4, 0.5) is 5.69 Å². The lowest BCUT2D eigenvalue weighted by molar-refractivity contribution is -0.384. The van der Waals surface area contributed by atoms with Crippen LogP contribution in [-0.2, 0) is 5.41 Å². The quantitative estimate of drug-likeness (QED) is 0.545. The van der Waals surface area contributed by atoms with Crippen LogP contribution in [0.5, 0.6) is 0 Å². The average molecular weight is 410 g/mol. The van der Waals surface area contributed by atoms with Gasteiger partial charge in [0.15, 0.2) is 11.0 Å². The maximum atomic E-state index is 12.8. The first-order valence-electron chi connectivity index (χ1n) is 10.4. The highest BCUT2D eigenvalue weighted by Gasteiger charge is 2.54. The highest BCUT2D eigenvalue weighted by Crippen LogP contribution is 2.60. The Morgan fingerprint density at radius 1 is 1.14 bits per heavy atom. The number of thioether (sulfide) groups is 1. The van der Waals surface area contributed by atoms with Crippen LogP contribution < -0.4 is 0 Å². The van der Waals surface area contributed by atoms with Gasteiger partial charge >= 0.3 is 0 Å². The smallest absolute Gasteiger partial charge is 0.269 e. The number of aromatic nitrogens is 3. The van der Waals surface area contributed by atoms with Crippen LogP contribution in [0.2, 0.25) is 0 Å². The summed E-state index contributed by atoms with van der Waals surface area (Å²) >= 11 is 1.51. The number of nitro groups is 1. The summed E-state index contributed by atoms with van der Waals surface area (Å²) in [6.45, 7) is 0. The van der Waals surface area contributed by atoms with E-state index < -0.39 is 4.92 Å². The Labute approximate surface area is 172 Å². The van der Waals surface area contributed by atoms with Gasteiger partial charge in [0.2, 0.25) is 0 Å². The molecule has 1 unspecified atom stereocenters. The van der Waals surface area contributed by atoms with E-state index in [1.54, 1.807) is 12.1 Å². The van der Waals surface area contributed by atoms with Gasteiger partial charge in [-0.15, -0.1) is 5.10 Å². The standard InChI is InChI=1S/C21H22N4O3S/c26-18-8-17(15-2-1-3-16(7-15)25(27)28)29-20-22-19(23-24(18)20)21-9-12-4-13(10-21)6-14(5-12)11-21/h1-3,7,12-14,17H,4-6,8-11H2. The lowest BCUT2D eigenvalue weighted by atomic mass is 9.49. The Morgan fingerprint density at radius 2 is 1.83 bits per heavy atom. The van der Waals surface area contributed by atoms with Crippen LogP contribution in [0, 0.1) is 27.9 Å². The zero-order valence-electron chi connectivity index (χ0n) is 16.0. The second-order valence-electron chi connectivity index (χ2n) is 9.38. The normalized spacial score (nSPS) is 35.0. The van der Waals surface area contributed by atoms with Crippen LogP contribution in [-0.4, -0.2) is 25.6 Å². The first-order chi connectivity index (χ1) is 14.0. The molecule has 1 aliphatic heterocycles. The summed E-state index contributed by atoms with van der Waals surface area (Å²) in [5, 5.41) is 16.3. The summed E-state index contributed by atoms with van der Waals surface area (Å²) in [5.41, 5.74) is 0.904. The second-order valence-corrected chi connectivity index (χ2v) is 10.6. The molecule has 4 aliphatic carbocycles. The van der Waals surface area contributed by atoms with E-state index in [9.17, 15) is 14.9 Å². The molecule has 150 valence electrons. The second kappa shape index (κ2) is 6.14. The van der Waals surface area contributed by atoms with Crippen LogP contribution in [0.15, 0.2) is 29.4 Å². The van der Waals surface area contributed by atoms with Gasteiger partial charge in [-0.1, -0.05) is 23.9 Å². The highest BCUT2D eigenvalue weighted by atomic mass is 32.2. The molecule has 0 radical (unpaired) electrons. The number of nitro benzene ring substituents is 1. The Balaban J connectivity index is 1.33. The van der Waals surface area contributed by atoms with Crippen molar-refractivity contribution in [3.63, 3.8) is 0 Å². The molecule has 7 nitrogen and oxygen atoms in total. The van der Waals surface area contributed by atoms with Gasteiger partial charge < -0.3 is 0 Å². The van der Waals surface area contributed by atoms with E-state index >= 15 is 0 Å². The van der Waals surface area contributed by atoms with E-state index in [0.29, 0.717) is 5.16 Å². The van der Waals surface area contributed by atoms with Gasteiger partial charge in [0, 0.05) is 29.2 Å². The Kier molecular flexibility index (Phi) is 3.73. The van der Waals surface area contributed by atoms with E-state index in [-0.39, 0.29) is 28.7 Å². The number of hydrogen-bond acceptors (Lipinski definition) is 6. The van der Waals surface area contributed by atoms with Crippen LogP contribution in [0.1, 0.15) is 66.4 Å². The molecule has 0 amide bonds. The van der Waals surface area contributed by atoms with E-state index in [1.807, 2.05) is 6.07 Å². The molecular weight excluding hydrogens is 388 g/mol. The SMILES string of the molecule is O=C1CC(c2cccc([N+](=O)[O-])c2)Sc2nc(C34CC5CC(CC(C5)C3)C4)nn21. The van der Waals surface area contributed by atoms with Crippen molar-refractivity contribution in [2.24, 2.45) is 17.8 Å². The predicted molar refractivity (Wildman–Crippen MR) is 107 cm³/mol. The number of rotatable bonds is 3. The molecule has 5 aliphatic rings. The molecule has 1 atom stereocenters. The Morgan fingerprint density at radius 3 is 2.48 bits per heavy atom. The molecule has 1 aromatic carbocycles. The fourth-order valence-electron chi connectivity index (χ4n) is 6.58. The number of carbonyl (C=O) groups is 1. The van der Waals surface area contributed by atoms with Crippen molar-refractivity contribution in [2.75, 3.05) is 0 Å². The van der Waals surface area contributed by atoms with Crippen molar-refractivity contribution in [1.82, 2.24) is 14.8 Å². The molecule has 4 fully saturated rings. The first kappa shape index (κ1) is 17.6. The summed E-state index contributed by atoms with van der Waals surface area (Å²) in [4.78, 5) is 28.4. The van der Waals surface area contributed by atoms with Crippen molar-refractivity contribution in [3.8, 4) is 0 Å². The summed E-state index contributed by atoms with van der Waals surface area (Å²) in [6, 6.07) is 6.58. The Bertz CT molecular complexity index is 997. The molecule has 0 spiro atoms. The third kappa shape index (κ3) is 2.75. The number of nitrogens with zero attached hydrogens (tertiary/aromatic N) is 4. The van der Waals surface area contributed by atoms with Gasteiger partial charge in [-0.05, 0) is 61.8 Å². The zero-order chi connectivity index (χ0) is 19.8. The topological polar surface area (TPSA) is 90.9 Å². The molecule has 7 rings (SSSR count). The Hall–Kier alpha value is -2.22. The maximum absolute atomic E-state index is 12.8. The fourth-order valence-corrected chi connectivity index (χ4v) is 7.73. The molecule has 2 aromatic rings. The van der Waals surface area contributed by atoms with Gasteiger partial charge in [0.1, 0.15) is 0 Å². The number of non-ortho nitro benzene ring substituents is 1. The van der Waals surface area contributed by atoms with E-state index in [2.05, 4.69) is 0 Å². The third-order valence-corrected chi connectivity index (χ3v) is 8.59.